The van der Waals surface area contributed by atoms with E-state index in [2.05, 4.69) is 0 Å². The number of ether oxygens (including phenoxy) is 1. The lowest BCUT2D eigenvalue weighted by molar-refractivity contribution is -0.138. The molecule has 4 nitrogen and oxygen atoms in total. The lowest BCUT2D eigenvalue weighted by Crippen LogP contribution is -2.22. The highest BCUT2D eigenvalue weighted by molar-refractivity contribution is 5.78. The zero-order valence-corrected chi connectivity index (χ0v) is 10.5. The van der Waals surface area contributed by atoms with Crippen LogP contribution < -0.4 is 10.5 Å². The molecule has 4 heteroatoms. The van der Waals surface area contributed by atoms with Gasteiger partial charge in [0.1, 0.15) is 5.75 Å². The fourth-order valence-electron chi connectivity index (χ4n) is 1.78. The number of carboxylic acid groups (broad SMARTS) is 1. The molecule has 0 bridgehead atoms. The molecule has 17 heavy (non-hydrogen) atoms. The number of nitrogens with two attached hydrogens (primary N) is 1. The van der Waals surface area contributed by atoms with Crippen LogP contribution in [0.1, 0.15) is 29.5 Å². The molecule has 1 atom stereocenters. The SMILES string of the molecule is CCOc1c(C(CN)C(=O)O)ccc(C)c1C. The Morgan fingerprint density at radius 1 is 1.47 bits per heavy atom. The van der Waals surface area contributed by atoms with Crippen molar-refractivity contribution in [3.05, 3.63) is 28.8 Å². The number of rotatable bonds is 5. The van der Waals surface area contributed by atoms with Gasteiger partial charge in [-0.1, -0.05) is 12.1 Å². The predicted octanol–water partition coefficient (Wildman–Crippen LogP) is 1.83. The quantitative estimate of drug-likeness (QED) is 0.819. The van der Waals surface area contributed by atoms with Crippen molar-refractivity contribution in [2.75, 3.05) is 13.2 Å². The smallest absolute Gasteiger partial charge is 0.312 e. The van der Waals surface area contributed by atoms with Gasteiger partial charge in [-0.3, -0.25) is 4.79 Å². The van der Waals surface area contributed by atoms with E-state index < -0.39 is 11.9 Å². The van der Waals surface area contributed by atoms with E-state index in [1.807, 2.05) is 26.8 Å². The van der Waals surface area contributed by atoms with Gasteiger partial charge in [-0.15, -0.1) is 0 Å². The molecule has 1 rings (SSSR count). The minimum atomic E-state index is -0.920. The van der Waals surface area contributed by atoms with E-state index in [1.54, 1.807) is 6.07 Å². The van der Waals surface area contributed by atoms with Gasteiger partial charge in [0.05, 0.1) is 12.5 Å². The number of aryl methyl sites for hydroxylation is 1. The first-order valence-electron chi connectivity index (χ1n) is 5.68. The molecule has 1 unspecified atom stereocenters. The second-order valence-electron chi connectivity index (χ2n) is 3.99. The third-order valence-corrected chi connectivity index (χ3v) is 2.91. The summed E-state index contributed by atoms with van der Waals surface area (Å²) in [5, 5.41) is 9.14. The standard InChI is InChI=1S/C13H19NO3/c1-4-17-12-9(3)8(2)5-6-10(12)11(7-14)13(15)16/h5-6,11H,4,7,14H2,1-3H3,(H,15,16). The maximum Gasteiger partial charge on any atom is 0.312 e. The fourth-order valence-corrected chi connectivity index (χ4v) is 1.78. The van der Waals surface area contributed by atoms with Gasteiger partial charge in [0.15, 0.2) is 0 Å². The summed E-state index contributed by atoms with van der Waals surface area (Å²) in [6.07, 6.45) is 0. The van der Waals surface area contributed by atoms with Gasteiger partial charge < -0.3 is 15.6 Å². The first kappa shape index (κ1) is 13.5. The van der Waals surface area contributed by atoms with Crippen LogP contribution in [0.3, 0.4) is 0 Å². The number of hydrogen-bond donors (Lipinski definition) is 2. The highest BCUT2D eigenvalue weighted by Gasteiger charge is 2.23. The van der Waals surface area contributed by atoms with Gasteiger partial charge >= 0.3 is 5.97 Å². The normalized spacial score (nSPS) is 12.2. The minimum Gasteiger partial charge on any atom is -0.493 e. The Hall–Kier alpha value is -1.55. The van der Waals surface area contributed by atoms with Crippen molar-refractivity contribution in [3.8, 4) is 5.75 Å². The minimum absolute atomic E-state index is 0.0674. The maximum absolute atomic E-state index is 11.1. The third kappa shape index (κ3) is 2.77. The van der Waals surface area contributed by atoms with E-state index in [-0.39, 0.29) is 6.54 Å². The van der Waals surface area contributed by atoms with Crippen LogP contribution in [-0.4, -0.2) is 24.2 Å². The monoisotopic (exact) mass is 237 g/mol. The molecular weight excluding hydrogens is 218 g/mol. The molecule has 0 saturated heterocycles. The van der Waals surface area contributed by atoms with Gasteiger partial charge in [0.25, 0.3) is 0 Å². The molecule has 0 heterocycles. The fraction of sp³-hybridized carbons (Fsp3) is 0.462. The average Bonchev–Trinajstić information content (AvgIpc) is 2.28. The molecule has 0 aliphatic rings. The molecule has 3 N–H and O–H groups in total. The molecule has 1 aromatic carbocycles. The van der Waals surface area contributed by atoms with Gasteiger partial charge in [-0.05, 0) is 31.9 Å². The maximum atomic E-state index is 11.1. The Kier molecular flexibility index (Phi) is 4.52. The summed E-state index contributed by atoms with van der Waals surface area (Å²) in [4.78, 5) is 11.1. The summed E-state index contributed by atoms with van der Waals surface area (Å²) in [6.45, 7) is 6.36. The molecule has 0 amide bonds. The van der Waals surface area contributed by atoms with E-state index in [0.717, 1.165) is 11.1 Å². The first-order valence-corrected chi connectivity index (χ1v) is 5.68. The summed E-state index contributed by atoms with van der Waals surface area (Å²) in [5.41, 5.74) is 8.24. The number of aliphatic carboxylic acids is 1. The number of benzene rings is 1. The van der Waals surface area contributed by atoms with Crippen LogP contribution in [0.25, 0.3) is 0 Å². The van der Waals surface area contributed by atoms with Crippen molar-refractivity contribution in [2.45, 2.75) is 26.7 Å². The second-order valence-corrected chi connectivity index (χ2v) is 3.99. The van der Waals surface area contributed by atoms with Crippen LogP contribution in [0.4, 0.5) is 0 Å². The van der Waals surface area contributed by atoms with Crippen molar-refractivity contribution in [1.82, 2.24) is 0 Å². The lowest BCUT2D eigenvalue weighted by Gasteiger charge is -2.18. The Morgan fingerprint density at radius 3 is 2.59 bits per heavy atom. The van der Waals surface area contributed by atoms with Gasteiger partial charge in [0, 0.05) is 12.1 Å². The third-order valence-electron chi connectivity index (χ3n) is 2.91. The number of hydrogen-bond acceptors (Lipinski definition) is 3. The van der Waals surface area contributed by atoms with Crippen LogP contribution in [0, 0.1) is 13.8 Å². The Balaban J connectivity index is 3.31. The highest BCUT2D eigenvalue weighted by Crippen LogP contribution is 2.32. The van der Waals surface area contributed by atoms with Crippen LogP contribution in [0.2, 0.25) is 0 Å². The number of carboxylic acids is 1. The lowest BCUT2D eigenvalue weighted by atomic mass is 9.94. The van der Waals surface area contributed by atoms with Crippen LogP contribution >= 0.6 is 0 Å². The summed E-state index contributed by atoms with van der Waals surface area (Å²) >= 11 is 0. The second kappa shape index (κ2) is 5.68. The van der Waals surface area contributed by atoms with Crippen LogP contribution in [-0.2, 0) is 4.79 Å². The zero-order chi connectivity index (χ0) is 13.0. The Bertz CT molecular complexity index is 415. The average molecular weight is 237 g/mol. The van der Waals surface area contributed by atoms with Gasteiger partial charge in [0.2, 0.25) is 0 Å². The van der Waals surface area contributed by atoms with Crippen molar-refractivity contribution >= 4 is 5.97 Å². The molecule has 0 fully saturated rings. The van der Waals surface area contributed by atoms with Crippen LogP contribution in [0.15, 0.2) is 12.1 Å². The summed E-state index contributed by atoms with van der Waals surface area (Å²) in [6, 6.07) is 3.69. The molecule has 0 saturated carbocycles. The van der Waals surface area contributed by atoms with Gasteiger partial charge in [-0.25, -0.2) is 0 Å². The van der Waals surface area contributed by atoms with E-state index in [0.29, 0.717) is 17.9 Å². The molecule has 94 valence electrons. The topological polar surface area (TPSA) is 72.5 Å². The van der Waals surface area contributed by atoms with Crippen molar-refractivity contribution in [3.63, 3.8) is 0 Å². The van der Waals surface area contributed by atoms with Crippen LogP contribution in [0.5, 0.6) is 5.75 Å². The molecule has 1 aromatic rings. The predicted molar refractivity (Wildman–Crippen MR) is 66.5 cm³/mol. The largest absolute Gasteiger partial charge is 0.493 e. The first-order chi connectivity index (χ1) is 8.02. The zero-order valence-electron chi connectivity index (χ0n) is 10.5. The highest BCUT2D eigenvalue weighted by atomic mass is 16.5. The Labute approximate surface area is 101 Å². The number of carbonyl (C=O) groups is 1. The molecule has 0 spiro atoms. The van der Waals surface area contributed by atoms with Gasteiger partial charge in [-0.2, -0.15) is 0 Å². The molecule has 0 aromatic heterocycles. The van der Waals surface area contributed by atoms with E-state index in [1.165, 1.54) is 0 Å². The summed E-state index contributed by atoms with van der Waals surface area (Å²) in [5.74, 6) is -0.974. The van der Waals surface area contributed by atoms with Crippen molar-refractivity contribution < 1.29 is 14.6 Å². The molecular formula is C13H19NO3. The molecule has 0 aliphatic heterocycles. The molecule has 0 radical (unpaired) electrons. The summed E-state index contributed by atoms with van der Waals surface area (Å²) in [7, 11) is 0. The summed E-state index contributed by atoms with van der Waals surface area (Å²) < 4.78 is 5.56. The van der Waals surface area contributed by atoms with Crippen molar-refractivity contribution in [2.24, 2.45) is 5.73 Å². The van der Waals surface area contributed by atoms with E-state index >= 15 is 0 Å². The van der Waals surface area contributed by atoms with Crippen molar-refractivity contribution in [1.29, 1.82) is 0 Å². The molecule has 0 aliphatic carbocycles. The van der Waals surface area contributed by atoms with E-state index in [9.17, 15) is 4.79 Å². The Morgan fingerprint density at radius 2 is 2.12 bits per heavy atom. The van der Waals surface area contributed by atoms with E-state index in [4.69, 9.17) is 15.6 Å².